The predicted octanol–water partition coefficient (Wildman–Crippen LogP) is 3.10. The molecule has 0 bridgehead atoms. The fraction of sp³-hybridized carbons (Fsp3) is 0.471. The Morgan fingerprint density at radius 3 is 2.71 bits per heavy atom. The first kappa shape index (κ1) is 15.4. The summed E-state index contributed by atoms with van der Waals surface area (Å²) in [5, 5.41) is 0. The monoisotopic (exact) mass is 285 g/mol. The van der Waals surface area contributed by atoms with E-state index < -0.39 is 0 Å². The first-order valence-electron chi connectivity index (χ1n) is 7.53. The number of carbonyl (C=O) groups is 1. The average molecular weight is 285 g/mol. The van der Waals surface area contributed by atoms with Crippen molar-refractivity contribution in [1.82, 2.24) is 14.9 Å². The minimum Gasteiger partial charge on any atom is -0.338 e. The normalized spacial score (nSPS) is 23.0. The number of likely N-dealkylation sites (tertiary alicyclic amines) is 1. The minimum absolute atomic E-state index is 0.0337. The van der Waals surface area contributed by atoms with Gasteiger partial charge in [-0.1, -0.05) is 37.6 Å². The Morgan fingerprint density at radius 2 is 2.10 bits per heavy atom. The van der Waals surface area contributed by atoms with Gasteiger partial charge in [-0.05, 0) is 19.3 Å². The fourth-order valence-electron chi connectivity index (χ4n) is 2.93. The highest BCUT2D eigenvalue weighted by molar-refractivity contribution is 5.93. The summed E-state index contributed by atoms with van der Waals surface area (Å²) in [6, 6.07) is 0. The molecule has 112 valence electrons. The molecular weight excluding hydrogens is 262 g/mol. The second-order valence-electron chi connectivity index (χ2n) is 5.54. The lowest BCUT2D eigenvalue weighted by Gasteiger charge is -2.18. The van der Waals surface area contributed by atoms with E-state index in [0.29, 0.717) is 17.4 Å². The van der Waals surface area contributed by atoms with E-state index in [9.17, 15) is 4.79 Å². The van der Waals surface area contributed by atoms with Crippen LogP contribution >= 0.6 is 0 Å². The van der Waals surface area contributed by atoms with E-state index in [-0.39, 0.29) is 5.91 Å². The largest absolute Gasteiger partial charge is 0.338 e. The Kier molecular flexibility index (Phi) is 5.26. The molecule has 0 aliphatic carbocycles. The third-order valence-corrected chi connectivity index (χ3v) is 4.09. The summed E-state index contributed by atoms with van der Waals surface area (Å²) >= 11 is 0. The van der Waals surface area contributed by atoms with Crippen LogP contribution in [0, 0.1) is 11.8 Å². The molecule has 2 rings (SSSR count). The number of nitrogens with zero attached hydrogens (tertiary/aromatic N) is 3. The second kappa shape index (κ2) is 7.16. The maximum atomic E-state index is 12.5. The van der Waals surface area contributed by atoms with Crippen LogP contribution in [0.4, 0.5) is 0 Å². The maximum Gasteiger partial charge on any atom is 0.257 e. The SMILES string of the molecule is C/C=C\C=C(/CC)C1CN(C(=O)c2cncnc2)C[C@@H]1C. The quantitative estimate of drug-likeness (QED) is 0.799. The zero-order chi connectivity index (χ0) is 15.2. The Labute approximate surface area is 126 Å². The van der Waals surface area contributed by atoms with Gasteiger partial charge in [0.1, 0.15) is 6.33 Å². The van der Waals surface area contributed by atoms with Gasteiger partial charge in [0.2, 0.25) is 0 Å². The van der Waals surface area contributed by atoms with Crippen molar-refractivity contribution in [3.8, 4) is 0 Å². The van der Waals surface area contributed by atoms with Gasteiger partial charge in [-0.25, -0.2) is 9.97 Å². The topological polar surface area (TPSA) is 46.1 Å². The van der Waals surface area contributed by atoms with Crippen LogP contribution in [0.5, 0.6) is 0 Å². The first-order valence-corrected chi connectivity index (χ1v) is 7.53. The molecule has 4 heteroatoms. The molecular formula is C17H23N3O. The van der Waals surface area contributed by atoms with Crippen molar-refractivity contribution in [2.75, 3.05) is 13.1 Å². The molecule has 0 aromatic carbocycles. The van der Waals surface area contributed by atoms with Crippen molar-refractivity contribution in [3.05, 3.63) is 48.1 Å². The van der Waals surface area contributed by atoms with Crippen LogP contribution in [0.1, 0.15) is 37.6 Å². The van der Waals surface area contributed by atoms with Crippen molar-refractivity contribution < 1.29 is 4.79 Å². The standard InChI is InChI=1S/C17H23N3O/c1-4-6-7-14(5-2)16-11-20(10-13(16)3)17(21)15-8-18-12-19-9-15/h4,6-9,12-13,16H,5,10-11H2,1-3H3/b6-4-,14-7+/t13-,16?/m0/s1. The highest BCUT2D eigenvalue weighted by Gasteiger charge is 2.34. The molecule has 1 unspecified atom stereocenters. The Morgan fingerprint density at radius 1 is 1.38 bits per heavy atom. The van der Waals surface area contributed by atoms with Gasteiger partial charge in [0.05, 0.1) is 5.56 Å². The van der Waals surface area contributed by atoms with Crippen LogP contribution in [-0.4, -0.2) is 33.9 Å². The third-order valence-electron chi connectivity index (χ3n) is 4.09. The molecule has 0 spiro atoms. The van der Waals surface area contributed by atoms with Gasteiger partial charge >= 0.3 is 0 Å². The highest BCUT2D eigenvalue weighted by atomic mass is 16.2. The molecule has 0 N–H and O–H groups in total. The van der Waals surface area contributed by atoms with E-state index in [4.69, 9.17) is 0 Å². The lowest BCUT2D eigenvalue weighted by atomic mass is 9.88. The van der Waals surface area contributed by atoms with Gasteiger partial charge in [-0.15, -0.1) is 0 Å². The summed E-state index contributed by atoms with van der Waals surface area (Å²) in [5.74, 6) is 0.959. The van der Waals surface area contributed by atoms with E-state index in [1.165, 1.54) is 11.9 Å². The number of hydrogen-bond donors (Lipinski definition) is 0. The maximum absolute atomic E-state index is 12.5. The second-order valence-corrected chi connectivity index (χ2v) is 5.54. The van der Waals surface area contributed by atoms with Crippen molar-refractivity contribution in [2.24, 2.45) is 11.8 Å². The molecule has 0 radical (unpaired) electrons. The molecule has 1 aromatic rings. The zero-order valence-corrected chi connectivity index (χ0v) is 13.0. The molecule has 1 saturated heterocycles. The van der Waals surface area contributed by atoms with Crippen LogP contribution in [0.25, 0.3) is 0 Å². The van der Waals surface area contributed by atoms with Crippen LogP contribution in [0.2, 0.25) is 0 Å². The molecule has 4 nitrogen and oxygen atoms in total. The third kappa shape index (κ3) is 3.57. The Balaban J connectivity index is 2.12. The van der Waals surface area contributed by atoms with E-state index in [0.717, 1.165) is 19.5 Å². The van der Waals surface area contributed by atoms with Gasteiger partial charge in [0.25, 0.3) is 5.91 Å². The average Bonchev–Trinajstić information content (AvgIpc) is 2.90. The molecule has 21 heavy (non-hydrogen) atoms. The van der Waals surface area contributed by atoms with Gasteiger partial charge in [0, 0.05) is 31.4 Å². The van der Waals surface area contributed by atoms with Crippen LogP contribution < -0.4 is 0 Å². The summed E-state index contributed by atoms with van der Waals surface area (Å²) in [6.45, 7) is 8.00. The van der Waals surface area contributed by atoms with Gasteiger partial charge < -0.3 is 4.90 Å². The number of allylic oxidation sites excluding steroid dienone is 3. The summed E-state index contributed by atoms with van der Waals surface area (Å²) in [6.07, 6.45) is 12.0. The van der Waals surface area contributed by atoms with Crippen LogP contribution in [0.15, 0.2) is 42.5 Å². The van der Waals surface area contributed by atoms with Gasteiger partial charge in [-0.3, -0.25) is 4.79 Å². The lowest BCUT2D eigenvalue weighted by Crippen LogP contribution is -2.29. The first-order chi connectivity index (χ1) is 10.2. The zero-order valence-electron chi connectivity index (χ0n) is 13.0. The van der Waals surface area contributed by atoms with Crippen molar-refractivity contribution >= 4 is 5.91 Å². The molecule has 0 saturated carbocycles. The smallest absolute Gasteiger partial charge is 0.257 e. The molecule has 1 aliphatic rings. The molecule has 1 amide bonds. The Bertz CT molecular complexity index is 536. The number of carbonyl (C=O) groups excluding carboxylic acids is 1. The number of aromatic nitrogens is 2. The summed E-state index contributed by atoms with van der Waals surface area (Å²) in [4.78, 5) is 22.3. The van der Waals surface area contributed by atoms with Crippen LogP contribution in [-0.2, 0) is 0 Å². The van der Waals surface area contributed by atoms with E-state index in [2.05, 4.69) is 36.0 Å². The van der Waals surface area contributed by atoms with Gasteiger partial charge in [0.15, 0.2) is 0 Å². The number of amides is 1. The molecule has 1 fully saturated rings. The Hall–Kier alpha value is -1.97. The van der Waals surface area contributed by atoms with E-state index in [1.54, 1.807) is 12.4 Å². The molecule has 2 heterocycles. The number of rotatable bonds is 4. The van der Waals surface area contributed by atoms with E-state index in [1.807, 2.05) is 17.9 Å². The molecule has 1 aliphatic heterocycles. The fourth-order valence-corrected chi connectivity index (χ4v) is 2.93. The minimum atomic E-state index is 0.0337. The molecule has 1 aromatic heterocycles. The molecule has 2 atom stereocenters. The summed E-state index contributed by atoms with van der Waals surface area (Å²) in [5.41, 5.74) is 1.99. The number of hydrogen-bond acceptors (Lipinski definition) is 3. The predicted molar refractivity (Wildman–Crippen MR) is 83.8 cm³/mol. The van der Waals surface area contributed by atoms with Crippen molar-refractivity contribution in [1.29, 1.82) is 0 Å². The lowest BCUT2D eigenvalue weighted by molar-refractivity contribution is 0.0784. The van der Waals surface area contributed by atoms with Crippen LogP contribution in [0.3, 0.4) is 0 Å². The van der Waals surface area contributed by atoms with Gasteiger partial charge in [-0.2, -0.15) is 0 Å². The summed E-state index contributed by atoms with van der Waals surface area (Å²) in [7, 11) is 0. The van der Waals surface area contributed by atoms with Crippen molar-refractivity contribution in [3.63, 3.8) is 0 Å². The highest BCUT2D eigenvalue weighted by Crippen LogP contribution is 2.31. The van der Waals surface area contributed by atoms with Crippen molar-refractivity contribution in [2.45, 2.75) is 27.2 Å². The van der Waals surface area contributed by atoms with E-state index >= 15 is 0 Å². The summed E-state index contributed by atoms with van der Waals surface area (Å²) < 4.78 is 0.